The molecule has 0 radical (unpaired) electrons. The summed E-state index contributed by atoms with van der Waals surface area (Å²) in [5.74, 6) is -0.267. The lowest BCUT2D eigenvalue weighted by Gasteiger charge is -2.20. The molecule has 0 amide bonds. The molecule has 0 atom stereocenters. The van der Waals surface area contributed by atoms with Crippen LogP contribution in [0.3, 0.4) is 0 Å². The van der Waals surface area contributed by atoms with Gasteiger partial charge in [0, 0.05) is 12.1 Å². The number of benzene rings is 1. The Morgan fingerprint density at radius 3 is 2.67 bits per heavy atom. The molecule has 100 valence electrons. The predicted molar refractivity (Wildman–Crippen MR) is 57.5 cm³/mol. The molecule has 0 aliphatic carbocycles. The maximum Gasteiger partial charge on any atom is 0.534 e. The number of halogens is 3. The standard InChI is InChI=1S/C10H10F3NO3S/c11-10(12,13)18(15,16)17-9-3-1-2-7-4-5-14-6-8(7)9/h1-3,14H,4-6H2. The molecule has 0 spiro atoms. The first-order valence-corrected chi connectivity index (χ1v) is 6.54. The lowest BCUT2D eigenvalue weighted by atomic mass is 10.0. The number of fused-ring (bicyclic) bond motifs is 1. The second kappa shape index (κ2) is 4.43. The summed E-state index contributed by atoms with van der Waals surface area (Å²) in [6.45, 7) is 0.987. The molecule has 0 fully saturated rings. The van der Waals surface area contributed by atoms with Crippen LogP contribution in [0.1, 0.15) is 11.1 Å². The van der Waals surface area contributed by atoms with Crippen LogP contribution in [0.25, 0.3) is 0 Å². The van der Waals surface area contributed by atoms with Gasteiger partial charge in [0.1, 0.15) is 5.75 Å². The Bertz CT molecular complexity index is 554. The quantitative estimate of drug-likeness (QED) is 0.660. The average molecular weight is 281 g/mol. The van der Waals surface area contributed by atoms with E-state index in [9.17, 15) is 21.6 Å². The fourth-order valence-electron chi connectivity index (χ4n) is 1.73. The van der Waals surface area contributed by atoms with Crippen LogP contribution in [0.15, 0.2) is 18.2 Å². The van der Waals surface area contributed by atoms with Crippen LogP contribution < -0.4 is 9.50 Å². The first-order valence-electron chi connectivity index (χ1n) is 5.13. The second-order valence-corrected chi connectivity index (χ2v) is 5.34. The van der Waals surface area contributed by atoms with Crippen LogP contribution in [-0.4, -0.2) is 20.5 Å². The Kier molecular flexibility index (Phi) is 3.24. The van der Waals surface area contributed by atoms with E-state index in [-0.39, 0.29) is 5.75 Å². The molecule has 18 heavy (non-hydrogen) atoms. The number of rotatable bonds is 2. The molecule has 0 aromatic heterocycles. The third-order valence-corrected chi connectivity index (χ3v) is 3.55. The zero-order valence-corrected chi connectivity index (χ0v) is 9.94. The Morgan fingerprint density at radius 2 is 2.00 bits per heavy atom. The fraction of sp³-hybridized carbons (Fsp3) is 0.400. The van der Waals surface area contributed by atoms with Crippen molar-refractivity contribution in [2.45, 2.75) is 18.5 Å². The molecule has 8 heteroatoms. The zero-order chi connectivity index (χ0) is 13.4. The van der Waals surface area contributed by atoms with Gasteiger partial charge in [0.25, 0.3) is 0 Å². The van der Waals surface area contributed by atoms with E-state index in [1.807, 2.05) is 0 Å². The summed E-state index contributed by atoms with van der Waals surface area (Å²) < 4.78 is 62.7. The minimum atomic E-state index is -5.61. The van der Waals surface area contributed by atoms with Gasteiger partial charge >= 0.3 is 15.6 Å². The van der Waals surface area contributed by atoms with E-state index < -0.39 is 15.6 Å². The zero-order valence-electron chi connectivity index (χ0n) is 9.12. The Hall–Kier alpha value is -1.28. The monoisotopic (exact) mass is 281 g/mol. The number of hydrogen-bond acceptors (Lipinski definition) is 4. The molecule has 1 aromatic carbocycles. The molecule has 1 aliphatic rings. The number of alkyl halides is 3. The summed E-state index contributed by atoms with van der Waals surface area (Å²) in [5, 5.41) is 2.95. The third kappa shape index (κ3) is 2.44. The predicted octanol–water partition coefficient (Wildman–Crippen LogP) is 1.56. The summed E-state index contributed by atoms with van der Waals surface area (Å²) in [6, 6.07) is 4.43. The Morgan fingerprint density at radius 1 is 1.28 bits per heavy atom. The van der Waals surface area contributed by atoms with E-state index in [4.69, 9.17) is 0 Å². The van der Waals surface area contributed by atoms with E-state index in [2.05, 4.69) is 9.50 Å². The van der Waals surface area contributed by atoms with Gasteiger partial charge in [-0.3, -0.25) is 0 Å². The summed E-state index contributed by atoms with van der Waals surface area (Å²) in [4.78, 5) is 0. The summed E-state index contributed by atoms with van der Waals surface area (Å²) in [6.07, 6.45) is 0.624. The van der Waals surface area contributed by atoms with E-state index in [0.717, 1.165) is 5.56 Å². The molecule has 0 unspecified atom stereocenters. The highest BCUT2D eigenvalue weighted by Crippen LogP contribution is 2.31. The van der Waals surface area contributed by atoms with Gasteiger partial charge in [-0.15, -0.1) is 0 Å². The largest absolute Gasteiger partial charge is 0.534 e. The van der Waals surface area contributed by atoms with Crippen molar-refractivity contribution in [1.29, 1.82) is 0 Å². The summed E-state index contributed by atoms with van der Waals surface area (Å²) in [7, 11) is -5.61. The smallest absolute Gasteiger partial charge is 0.376 e. The number of nitrogens with one attached hydrogen (secondary N) is 1. The van der Waals surface area contributed by atoms with E-state index in [1.54, 1.807) is 6.07 Å². The van der Waals surface area contributed by atoms with E-state index >= 15 is 0 Å². The molecule has 1 aliphatic heterocycles. The van der Waals surface area contributed by atoms with Gasteiger partial charge in [-0.2, -0.15) is 21.6 Å². The van der Waals surface area contributed by atoms with Crippen molar-refractivity contribution < 1.29 is 25.8 Å². The topological polar surface area (TPSA) is 55.4 Å². The maximum absolute atomic E-state index is 12.2. The van der Waals surface area contributed by atoms with Gasteiger partial charge in [-0.05, 0) is 24.6 Å². The third-order valence-electron chi connectivity index (χ3n) is 2.59. The number of hydrogen-bond donors (Lipinski definition) is 1. The van der Waals surface area contributed by atoms with E-state index in [1.165, 1.54) is 12.1 Å². The van der Waals surface area contributed by atoms with E-state index in [0.29, 0.717) is 25.1 Å². The van der Waals surface area contributed by atoms with Gasteiger partial charge in [0.2, 0.25) is 0 Å². The Labute approximate surface area is 102 Å². The fourth-order valence-corrected chi connectivity index (χ4v) is 2.21. The van der Waals surface area contributed by atoms with Crippen molar-refractivity contribution in [3.8, 4) is 5.75 Å². The van der Waals surface area contributed by atoms with Crippen molar-refractivity contribution in [2.75, 3.05) is 6.54 Å². The molecule has 0 bridgehead atoms. The van der Waals surface area contributed by atoms with Crippen molar-refractivity contribution >= 4 is 10.1 Å². The van der Waals surface area contributed by atoms with Crippen LogP contribution in [0, 0.1) is 0 Å². The highest BCUT2D eigenvalue weighted by molar-refractivity contribution is 7.88. The normalized spacial score (nSPS) is 16.2. The van der Waals surface area contributed by atoms with Crippen molar-refractivity contribution in [3.63, 3.8) is 0 Å². The highest BCUT2D eigenvalue weighted by Gasteiger charge is 2.48. The van der Waals surface area contributed by atoms with Crippen LogP contribution in [0.4, 0.5) is 13.2 Å². The van der Waals surface area contributed by atoms with Crippen molar-refractivity contribution in [2.24, 2.45) is 0 Å². The van der Waals surface area contributed by atoms with Crippen LogP contribution in [-0.2, 0) is 23.1 Å². The van der Waals surface area contributed by atoms with Gasteiger partial charge in [-0.1, -0.05) is 12.1 Å². The van der Waals surface area contributed by atoms with Crippen molar-refractivity contribution in [3.05, 3.63) is 29.3 Å². The molecule has 2 rings (SSSR count). The molecular weight excluding hydrogens is 271 g/mol. The second-order valence-electron chi connectivity index (χ2n) is 3.80. The molecular formula is C10H10F3NO3S. The summed E-state index contributed by atoms with van der Waals surface area (Å²) >= 11 is 0. The minimum absolute atomic E-state index is 0.267. The van der Waals surface area contributed by atoms with Crippen LogP contribution in [0.2, 0.25) is 0 Å². The molecule has 0 saturated carbocycles. The lowest BCUT2D eigenvalue weighted by Crippen LogP contribution is -2.30. The highest BCUT2D eigenvalue weighted by atomic mass is 32.2. The van der Waals surface area contributed by atoms with Crippen molar-refractivity contribution in [1.82, 2.24) is 5.32 Å². The lowest BCUT2D eigenvalue weighted by molar-refractivity contribution is -0.0500. The first-order chi connectivity index (χ1) is 8.31. The van der Waals surface area contributed by atoms with Gasteiger partial charge in [-0.25, -0.2) is 0 Å². The SMILES string of the molecule is O=S(=O)(Oc1cccc2c1CNCC2)C(F)(F)F. The molecule has 1 N–H and O–H groups in total. The van der Waals surface area contributed by atoms with Crippen LogP contribution >= 0.6 is 0 Å². The van der Waals surface area contributed by atoms with Gasteiger partial charge in [0.05, 0.1) is 0 Å². The molecule has 1 heterocycles. The first kappa shape index (κ1) is 13.2. The molecule has 0 saturated heterocycles. The summed E-state index contributed by atoms with van der Waals surface area (Å²) in [5.41, 5.74) is -4.17. The maximum atomic E-state index is 12.2. The average Bonchev–Trinajstić information content (AvgIpc) is 2.27. The Balaban J connectivity index is 2.36. The van der Waals surface area contributed by atoms with Gasteiger partial charge in [0.15, 0.2) is 0 Å². The van der Waals surface area contributed by atoms with Crippen LogP contribution in [0.5, 0.6) is 5.75 Å². The minimum Gasteiger partial charge on any atom is -0.376 e. The van der Waals surface area contributed by atoms with Gasteiger partial charge < -0.3 is 9.50 Å². The molecule has 1 aromatic rings. The molecule has 4 nitrogen and oxygen atoms in total.